The van der Waals surface area contributed by atoms with Crippen LogP contribution in [-0.4, -0.2) is 35.5 Å². The van der Waals surface area contributed by atoms with Gasteiger partial charge in [-0.1, -0.05) is 6.07 Å². The van der Waals surface area contributed by atoms with E-state index in [-0.39, 0.29) is 35.9 Å². The van der Waals surface area contributed by atoms with E-state index in [4.69, 9.17) is 4.74 Å². The molecule has 0 bridgehead atoms. The summed E-state index contributed by atoms with van der Waals surface area (Å²) >= 11 is 0. The minimum Gasteiger partial charge on any atom is -0.484 e. The van der Waals surface area contributed by atoms with Gasteiger partial charge in [0.05, 0.1) is 0 Å². The van der Waals surface area contributed by atoms with Crippen LogP contribution in [0.3, 0.4) is 0 Å². The monoisotopic (exact) mass is 357 g/mol. The zero-order chi connectivity index (χ0) is 18.1. The second kappa shape index (κ2) is 6.48. The Kier molecular flexibility index (Phi) is 4.14. The van der Waals surface area contributed by atoms with Crippen molar-refractivity contribution in [3.63, 3.8) is 0 Å². The zero-order valence-electron chi connectivity index (χ0n) is 14.1. The molecule has 0 saturated heterocycles. The molecule has 1 aromatic carbocycles. The van der Waals surface area contributed by atoms with Crippen LogP contribution in [-0.2, 0) is 4.79 Å². The second-order valence-corrected chi connectivity index (χ2v) is 7.10. The number of hydrogen-bond acceptors (Lipinski definition) is 3. The summed E-state index contributed by atoms with van der Waals surface area (Å²) in [5, 5.41) is 5.95. The van der Waals surface area contributed by atoms with Crippen molar-refractivity contribution >= 4 is 11.8 Å². The highest BCUT2D eigenvalue weighted by Crippen LogP contribution is 2.60. The lowest BCUT2D eigenvalue weighted by atomic mass is 9.76. The van der Waals surface area contributed by atoms with Crippen molar-refractivity contribution in [1.82, 2.24) is 15.6 Å². The zero-order valence-corrected chi connectivity index (χ0v) is 14.1. The maximum Gasteiger partial charge on any atom is 0.267 e. The van der Waals surface area contributed by atoms with Gasteiger partial charge < -0.3 is 20.4 Å². The lowest BCUT2D eigenvalue weighted by Gasteiger charge is -2.37. The largest absolute Gasteiger partial charge is 0.484 e. The number of hydrogen-bond donors (Lipinski definition) is 3. The first-order valence-corrected chi connectivity index (χ1v) is 8.66. The Bertz CT molecular complexity index is 815. The van der Waals surface area contributed by atoms with Crippen molar-refractivity contribution in [2.75, 3.05) is 6.61 Å². The van der Waals surface area contributed by atoms with Gasteiger partial charge in [0.25, 0.3) is 11.8 Å². The normalized spacial score (nSPS) is 26.0. The van der Waals surface area contributed by atoms with Gasteiger partial charge in [-0.2, -0.15) is 0 Å². The van der Waals surface area contributed by atoms with Gasteiger partial charge in [-0.25, -0.2) is 4.39 Å². The lowest BCUT2D eigenvalue weighted by molar-refractivity contribution is -0.123. The van der Waals surface area contributed by atoms with Gasteiger partial charge >= 0.3 is 0 Å². The summed E-state index contributed by atoms with van der Waals surface area (Å²) in [6.45, 7) is -0.136. The number of aromatic nitrogens is 1. The molecule has 2 aliphatic carbocycles. The predicted molar refractivity (Wildman–Crippen MR) is 92.2 cm³/mol. The Balaban J connectivity index is 1.18. The molecule has 1 heterocycles. The molecule has 1 aromatic heterocycles. The molecular weight excluding hydrogens is 337 g/mol. The topological polar surface area (TPSA) is 83.2 Å². The number of H-pyrrole nitrogens is 1. The smallest absolute Gasteiger partial charge is 0.267 e. The molecule has 4 rings (SSSR count). The highest BCUT2D eigenvalue weighted by atomic mass is 19.1. The molecule has 2 amide bonds. The van der Waals surface area contributed by atoms with Crippen molar-refractivity contribution in [2.45, 2.75) is 31.3 Å². The van der Waals surface area contributed by atoms with E-state index >= 15 is 0 Å². The molecule has 1 atom stereocenters. The van der Waals surface area contributed by atoms with Crippen molar-refractivity contribution in [2.24, 2.45) is 5.41 Å². The molecule has 7 heteroatoms. The number of amides is 2. The van der Waals surface area contributed by atoms with Crippen molar-refractivity contribution < 1.29 is 18.7 Å². The molecule has 2 aromatic rings. The summed E-state index contributed by atoms with van der Waals surface area (Å²) in [4.78, 5) is 26.9. The first-order chi connectivity index (χ1) is 12.5. The van der Waals surface area contributed by atoms with Gasteiger partial charge in [0.15, 0.2) is 6.61 Å². The lowest BCUT2D eigenvalue weighted by Crippen LogP contribution is -2.48. The van der Waals surface area contributed by atoms with Crippen LogP contribution in [0, 0.1) is 11.2 Å². The molecule has 2 fully saturated rings. The molecule has 0 radical (unpaired) electrons. The molecule has 136 valence electrons. The van der Waals surface area contributed by atoms with E-state index in [1.807, 2.05) is 0 Å². The number of carbonyl (C=O) groups excluding carboxylic acids is 2. The third-order valence-corrected chi connectivity index (χ3v) is 5.17. The summed E-state index contributed by atoms with van der Waals surface area (Å²) in [7, 11) is 0. The summed E-state index contributed by atoms with van der Waals surface area (Å²) in [5.74, 6) is -0.373. The van der Waals surface area contributed by atoms with Gasteiger partial charge in [0.2, 0.25) is 0 Å². The minimum atomic E-state index is -0.397. The van der Waals surface area contributed by atoms with Gasteiger partial charge in [-0.15, -0.1) is 0 Å². The number of ether oxygens (including phenoxy) is 1. The molecule has 26 heavy (non-hydrogen) atoms. The van der Waals surface area contributed by atoms with Gasteiger partial charge in [-0.3, -0.25) is 9.59 Å². The minimum absolute atomic E-state index is 0.0976. The fourth-order valence-electron chi connectivity index (χ4n) is 3.70. The third kappa shape index (κ3) is 3.42. The molecule has 2 aliphatic rings. The van der Waals surface area contributed by atoms with E-state index in [1.165, 1.54) is 18.2 Å². The van der Waals surface area contributed by atoms with Gasteiger partial charge in [0.1, 0.15) is 17.3 Å². The standard InChI is InChI=1S/C19H20FN3O3/c20-12-3-1-4-14(7-12)26-11-17(24)23-16-10-19(16)8-13(9-19)22-18(25)15-5-2-6-21-15/h1-7,13,16,21H,8-11H2,(H,22,25)(H,23,24). The quantitative estimate of drug-likeness (QED) is 0.739. The van der Waals surface area contributed by atoms with Crippen LogP contribution in [0.4, 0.5) is 4.39 Å². The Morgan fingerprint density at radius 2 is 2.04 bits per heavy atom. The second-order valence-electron chi connectivity index (χ2n) is 7.10. The summed E-state index contributed by atoms with van der Waals surface area (Å²) in [5.41, 5.74) is 0.670. The number of benzene rings is 1. The SMILES string of the molecule is O=C(COc1cccc(F)c1)NC1CC12CC(NC(=O)c1ccc[nH]1)C2. The molecule has 2 saturated carbocycles. The molecule has 6 nitrogen and oxygen atoms in total. The summed E-state index contributed by atoms with van der Waals surface area (Å²) < 4.78 is 18.4. The molecule has 1 spiro atoms. The fraction of sp³-hybridized carbons (Fsp3) is 0.368. The van der Waals surface area contributed by atoms with E-state index in [1.54, 1.807) is 24.4 Å². The van der Waals surface area contributed by atoms with Crippen molar-refractivity contribution in [3.8, 4) is 5.75 Å². The maximum atomic E-state index is 13.1. The van der Waals surface area contributed by atoms with E-state index < -0.39 is 5.82 Å². The van der Waals surface area contributed by atoms with Gasteiger partial charge in [-0.05, 0) is 48.9 Å². The van der Waals surface area contributed by atoms with E-state index in [9.17, 15) is 14.0 Å². The highest BCUT2D eigenvalue weighted by Gasteiger charge is 2.62. The number of halogens is 1. The Morgan fingerprint density at radius 1 is 1.19 bits per heavy atom. The average molecular weight is 357 g/mol. The maximum absolute atomic E-state index is 13.1. The molecule has 1 unspecified atom stereocenters. The van der Waals surface area contributed by atoms with Crippen LogP contribution in [0.2, 0.25) is 0 Å². The van der Waals surface area contributed by atoms with E-state index in [2.05, 4.69) is 15.6 Å². The highest BCUT2D eigenvalue weighted by molar-refractivity contribution is 5.92. The third-order valence-electron chi connectivity index (χ3n) is 5.17. The Morgan fingerprint density at radius 3 is 2.77 bits per heavy atom. The summed E-state index contributed by atoms with van der Waals surface area (Å²) in [6, 6.07) is 9.52. The first kappa shape index (κ1) is 16.6. The number of carbonyl (C=O) groups is 2. The van der Waals surface area contributed by atoms with Crippen LogP contribution in [0.25, 0.3) is 0 Å². The van der Waals surface area contributed by atoms with Crippen LogP contribution >= 0.6 is 0 Å². The molecular formula is C19H20FN3O3. The predicted octanol–water partition coefficient (Wildman–Crippen LogP) is 2.00. The van der Waals surface area contributed by atoms with Crippen LogP contribution in [0.1, 0.15) is 29.8 Å². The number of rotatable bonds is 6. The van der Waals surface area contributed by atoms with E-state index in [0.717, 1.165) is 19.3 Å². The van der Waals surface area contributed by atoms with Crippen molar-refractivity contribution in [3.05, 3.63) is 54.1 Å². The Hall–Kier alpha value is -2.83. The van der Waals surface area contributed by atoms with Crippen LogP contribution in [0.15, 0.2) is 42.6 Å². The average Bonchev–Trinajstić information content (AvgIpc) is 3.04. The summed E-state index contributed by atoms with van der Waals surface area (Å²) in [6.07, 6.45) is 4.38. The first-order valence-electron chi connectivity index (χ1n) is 8.66. The van der Waals surface area contributed by atoms with Gasteiger partial charge in [0, 0.05) is 24.3 Å². The molecule has 3 N–H and O–H groups in total. The molecule has 0 aliphatic heterocycles. The fourth-order valence-corrected chi connectivity index (χ4v) is 3.70. The Labute approximate surface area is 150 Å². The number of nitrogens with one attached hydrogen (secondary N) is 3. The number of aromatic amines is 1. The van der Waals surface area contributed by atoms with Crippen molar-refractivity contribution in [1.29, 1.82) is 0 Å². The van der Waals surface area contributed by atoms with Crippen LogP contribution in [0.5, 0.6) is 5.75 Å². The van der Waals surface area contributed by atoms with Crippen LogP contribution < -0.4 is 15.4 Å². The van der Waals surface area contributed by atoms with E-state index in [0.29, 0.717) is 11.4 Å².